The SMILES string of the molecule is C=CCNc1nnc(SCC(=O)NC2(C#N)CCCC2)s1. The molecule has 2 N–H and O–H groups in total. The number of aromatic nitrogens is 2. The van der Waals surface area contributed by atoms with Crippen molar-refractivity contribution in [2.24, 2.45) is 0 Å². The molecule has 1 amide bonds. The normalized spacial score (nSPS) is 16.1. The van der Waals surface area contributed by atoms with Crippen LogP contribution in [0.1, 0.15) is 25.7 Å². The Labute approximate surface area is 132 Å². The van der Waals surface area contributed by atoms with Gasteiger partial charge in [0, 0.05) is 6.54 Å². The molecule has 1 saturated carbocycles. The van der Waals surface area contributed by atoms with Gasteiger partial charge in [-0.1, -0.05) is 29.2 Å². The fraction of sp³-hybridized carbons (Fsp3) is 0.538. The first-order valence-electron chi connectivity index (χ1n) is 6.71. The van der Waals surface area contributed by atoms with E-state index in [9.17, 15) is 10.1 Å². The molecule has 2 rings (SSSR count). The van der Waals surface area contributed by atoms with Crippen molar-refractivity contribution < 1.29 is 4.79 Å². The van der Waals surface area contributed by atoms with Crippen LogP contribution >= 0.6 is 23.1 Å². The molecule has 0 bridgehead atoms. The van der Waals surface area contributed by atoms with Gasteiger partial charge in [-0.25, -0.2) is 0 Å². The molecule has 0 aliphatic heterocycles. The Bertz CT molecular complexity index is 545. The average Bonchev–Trinajstić information content (AvgIpc) is 3.13. The molecule has 1 heterocycles. The molecule has 1 fully saturated rings. The minimum atomic E-state index is -0.657. The lowest BCUT2D eigenvalue weighted by molar-refractivity contribution is -0.119. The summed E-state index contributed by atoms with van der Waals surface area (Å²) in [5.74, 6) is 0.124. The molecular weight excluding hydrogens is 306 g/mol. The lowest BCUT2D eigenvalue weighted by Gasteiger charge is -2.21. The number of thioether (sulfide) groups is 1. The molecule has 1 aliphatic carbocycles. The van der Waals surface area contributed by atoms with Crippen molar-refractivity contribution in [2.75, 3.05) is 17.6 Å². The minimum absolute atomic E-state index is 0.126. The third-order valence-corrected chi connectivity index (χ3v) is 5.19. The molecule has 112 valence electrons. The third kappa shape index (κ3) is 4.44. The monoisotopic (exact) mass is 323 g/mol. The summed E-state index contributed by atoms with van der Waals surface area (Å²) < 4.78 is 0.731. The zero-order chi connectivity index (χ0) is 15.1. The van der Waals surface area contributed by atoms with E-state index in [1.54, 1.807) is 6.08 Å². The number of anilines is 1. The van der Waals surface area contributed by atoms with Gasteiger partial charge in [0.15, 0.2) is 4.34 Å². The molecular formula is C13H17N5OS2. The number of carbonyl (C=O) groups excluding carboxylic acids is 1. The molecule has 1 aliphatic rings. The summed E-state index contributed by atoms with van der Waals surface area (Å²) in [4.78, 5) is 12.0. The molecule has 1 aromatic heterocycles. The van der Waals surface area contributed by atoms with E-state index in [1.165, 1.54) is 23.1 Å². The van der Waals surface area contributed by atoms with Crippen molar-refractivity contribution in [3.05, 3.63) is 12.7 Å². The predicted octanol–water partition coefficient (Wildman–Crippen LogP) is 2.18. The average molecular weight is 323 g/mol. The van der Waals surface area contributed by atoms with E-state index < -0.39 is 5.54 Å². The largest absolute Gasteiger partial charge is 0.357 e. The zero-order valence-corrected chi connectivity index (χ0v) is 13.2. The Balaban J connectivity index is 1.80. The van der Waals surface area contributed by atoms with Gasteiger partial charge in [0.2, 0.25) is 11.0 Å². The van der Waals surface area contributed by atoms with E-state index in [-0.39, 0.29) is 11.7 Å². The summed E-state index contributed by atoms with van der Waals surface area (Å²) in [6.07, 6.45) is 5.22. The van der Waals surface area contributed by atoms with Crippen molar-refractivity contribution in [1.82, 2.24) is 15.5 Å². The van der Waals surface area contributed by atoms with Gasteiger partial charge in [0.05, 0.1) is 11.8 Å². The molecule has 0 atom stereocenters. The van der Waals surface area contributed by atoms with Gasteiger partial charge in [0.25, 0.3) is 0 Å². The molecule has 8 heteroatoms. The number of nitrogens with one attached hydrogen (secondary N) is 2. The summed E-state index contributed by atoms with van der Waals surface area (Å²) in [5.41, 5.74) is -0.657. The van der Waals surface area contributed by atoms with E-state index in [1.807, 2.05) is 0 Å². The first-order valence-corrected chi connectivity index (χ1v) is 8.51. The van der Waals surface area contributed by atoms with E-state index in [0.29, 0.717) is 11.7 Å². The van der Waals surface area contributed by atoms with Crippen LogP contribution in [0.25, 0.3) is 0 Å². The van der Waals surface area contributed by atoms with Gasteiger partial charge in [0.1, 0.15) is 5.54 Å². The molecule has 0 unspecified atom stereocenters. The molecule has 0 saturated heterocycles. The summed E-state index contributed by atoms with van der Waals surface area (Å²) in [5, 5.41) is 23.8. The number of hydrogen-bond acceptors (Lipinski definition) is 7. The first kappa shape index (κ1) is 15.8. The van der Waals surface area contributed by atoms with Gasteiger partial charge in [-0.2, -0.15) is 5.26 Å². The second kappa shape index (κ2) is 7.43. The second-order valence-corrected chi connectivity index (χ2v) is 6.98. The maximum atomic E-state index is 12.0. The molecule has 1 aromatic rings. The summed E-state index contributed by atoms with van der Waals surface area (Å²) >= 11 is 2.73. The topological polar surface area (TPSA) is 90.7 Å². The molecule has 0 radical (unpaired) electrons. The summed E-state index contributed by atoms with van der Waals surface area (Å²) in [6.45, 7) is 4.24. The molecule has 0 aromatic carbocycles. The molecule has 0 spiro atoms. The van der Waals surface area contributed by atoms with Gasteiger partial charge in [-0.3, -0.25) is 4.79 Å². The summed E-state index contributed by atoms with van der Waals surface area (Å²) in [6, 6.07) is 2.25. The number of amides is 1. The van der Waals surface area contributed by atoms with Crippen LogP contribution in [-0.2, 0) is 4.79 Å². The Morgan fingerprint density at radius 2 is 2.29 bits per heavy atom. The minimum Gasteiger partial charge on any atom is -0.357 e. The first-order chi connectivity index (χ1) is 10.2. The quantitative estimate of drug-likeness (QED) is 0.590. The lowest BCUT2D eigenvalue weighted by Crippen LogP contribution is -2.45. The van der Waals surface area contributed by atoms with Crippen LogP contribution in [0, 0.1) is 11.3 Å². The highest BCUT2D eigenvalue weighted by Crippen LogP contribution is 2.29. The van der Waals surface area contributed by atoms with Crippen molar-refractivity contribution >= 4 is 34.1 Å². The fourth-order valence-corrected chi connectivity index (χ4v) is 3.73. The molecule has 6 nitrogen and oxygen atoms in total. The van der Waals surface area contributed by atoms with Gasteiger partial charge >= 0.3 is 0 Å². The van der Waals surface area contributed by atoms with E-state index in [0.717, 1.165) is 30.0 Å². The van der Waals surface area contributed by atoms with Crippen molar-refractivity contribution in [1.29, 1.82) is 5.26 Å². The van der Waals surface area contributed by atoms with Crippen LogP contribution in [0.3, 0.4) is 0 Å². The Kier molecular flexibility index (Phi) is 5.59. The standard InChI is InChI=1S/C13H17N5OS2/c1-2-7-15-11-17-18-12(21-11)20-8-10(19)16-13(9-14)5-3-4-6-13/h2H,1,3-8H2,(H,15,17)(H,16,19). The van der Waals surface area contributed by atoms with Crippen LogP contribution in [0.4, 0.5) is 5.13 Å². The second-order valence-electron chi connectivity index (χ2n) is 4.78. The highest BCUT2D eigenvalue weighted by Gasteiger charge is 2.35. The number of hydrogen-bond donors (Lipinski definition) is 2. The maximum Gasteiger partial charge on any atom is 0.231 e. The smallest absolute Gasteiger partial charge is 0.231 e. The van der Waals surface area contributed by atoms with Crippen molar-refractivity contribution in [3.63, 3.8) is 0 Å². The molecule has 21 heavy (non-hydrogen) atoms. The van der Waals surface area contributed by atoms with Crippen LogP contribution < -0.4 is 10.6 Å². The third-order valence-electron chi connectivity index (χ3n) is 3.18. The van der Waals surface area contributed by atoms with E-state index in [2.05, 4.69) is 33.5 Å². The van der Waals surface area contributed by atoms with Crippen LogP contribution in [0.15, 0.2) is 17.0 Å². The van der Waals surface area contributed by atoms with Crippen LogP contribution in [0.2, 0.25) is 0 Å². The number of carbonyl (C=O) groups is 1. The Hall–Kier alpha value is -1.59. The van der Waals surface area contributed by atoms with E-state index >= 15 is 0 Å². The van der Waals surface area contributed by atoms with Crippen molar-refractivity contribution in [2.45, 2.75) is 35.6 Å². The summed E-state index contributed by atoms with van der Waals surface area (Å²) in [7, 11) is 0. The van der Waals surface area contributed by atoms with Crippen molar-refractivity contribution in [3.8, 4) is 6.07 Å². The van der Waals surface area contributed by atoms with Gasteiger partial charge in [-0.15, -0.1) is 16.8 Å². The number of nitriles is 1. The number of rotatable bonds is 7. The Morgan fingerprint density at radius 3 is 2.95 bits per heavy atom. The van der Waals surface area contributed by atoms with E-state index in [4.69, 9.17) is 0 Å². The zero-order valence-electron chi connectivity index (χ0n) is 11.6. The van der Waals surface area contributed by atoms with Crippen LogP contribution in [-0.4, -0.2) is 33.9 Å². The van der Waals surface area contributed by atoms with Gasteiger partial charge < -0.3 is 10.6 Å². The fourth-order valence-electron chi connectivity index (χ4n) is 2.17. The Morgan fingerprint density at radius 1 is 1.52 bits per heavy atom. The highest BCUT2D eigenvalue weighted by molar-refractivity contribution is 8.01. The van der Waals surface area contributed by atoms with Gasteiger partial charge in [-0.05, 0) is 25.7 Å². The maximum absolute atomic E-state index is 12.0. The van der Waals surface area contributed by atoms with Crippen LogP contribution in [0.5, 0.6) is 0 Å². The predicted molar refractivity (Wildman–Crippen MR) is 84.3 cm³/mol. The number of nitrogens with zero attached hydrogens (tertiary/aromatic N) is 3. The highest BCUT2D eigenvalue weighted by atomic mass is 32.2. The lowest BCUT2D eigenvalue weighted by atomic mass is 10.0.